The van der Waals surface area contributed by atoms with E-state index in [0.717, 1.165) is 4.68 Å². The van der Waals surface area contributed by atoms with E-state index in [1.807, 2.05) is 0 Å². The topological polar surface area (TPSA) is 83.5 Å². The number of rotatable bonds is 6. The maximum Gasteiger partial charge on any atom is 0.408 e. The molecule has 0 saturated heterocycles. The van der Waals surface area contributed by atoms with E-state index >= 15 is 0 Å². The minimum absolute atomic E-state index is 0.103. The molecule has 3 rings (SSSR count). The molecule has 132 valence electrons. The molecule has 0 atom stereocenters. The zero-order valence-electron chi connectivity index (χ0n) is 13.2. The smallest absolute Gasteiger partial charge is 0.384 e. The number of methoxy groups -OCH3 is 1. The second-order valence-electron chi connectivity index (χ2n) is 5.14. The summed E-state index contributed by atoms with van der Waals surface area (Å²) in [7, 11) is 1.50. The van der Waals surface area contributed by atoms with Crippen molar-refractivity contribution in [1.29, 1.82) is 0 Å². The normalized spacial score (nSPS) is 11.8. The van der Waals surface area contributed by atoms with Gasteiger partial charge in [0.2, 0.25) is 0 Å². The van der Waals surface area contributed by atoms with Gasteiger partial charge in [0.05, 0.1) is 6.61 Å². The third-order valence-corrected chi connectivity index (χ3v) is 3.26. The van der Waals surface area contributed by atoms with E-state index in [1.165, 1.54) is 26.0 Å². The van der Waals surface area contributed by atoms with Crippen molar-refractivity contribution >= 4 is 0 Å². The Hall–Kier alpha value is -2.82. The second-order valence-corrected chi connectivity index (χ2v) is 5.14. The summed E-state index contributed by atoms with van der Waals surface area (Å²) < 4.78 is 45.7. The van der Waals surface area contributed by atoms with Crippen molar-refractivity contribution in [3.05, 3.63) is 36.8 Å². The number of alkyl halides is 3. The monoisotopic (exact) mass is 353 g/mol. The van der Waals surface area contributed by atoms with E-state index in [1.54, 1.807) is 16.7 Å². The molecule has 3 aromatic rings. The number of hydrogen-bond donors (Lipinski definition) is 0. The van der Waals surface area contributed by atoms with Gasteiger partial charge >= 0.3 is 6.18 Å². The van der Waals surface area contributed by atoms with Crippen LogP contribution in [0.4, 0.5) is 13.2 Å². The first-order valence-electron chi connectivity index (χ1n) is 7.27. The number of hydrogen-bond acceptors (Lipinski definition) is 6. The van der Waals surface area contributed by atoms with Gasteiger partial charge in [0.1, 0.15) is 25.0 Å². The van der Waals surface area contributed by atoms with Crippen LogP contribution in [0.3, 0.4) is 0 Å². The highest BCUT2D eigenvalue weighted by Crippen LogP contribution is 2.23. The number of ether oxygens (including phenoxy) is 1. The molecule has 3 heterocycles. The fourth-order valence-corrected chi connectivity index (χ4v) is 2.17. The third-order valence-electron chi connectivity index (χ3n) is 3.26. The van der Waals surface area contributed by atoms with Crippen molar-refractivity contribution in [2.45, 2.75) is 19.1 Å². The van der Waals surface area contributed by atoms with Gasteiger partial charge in [0.15, 0.2) is 11.6 Å². The van der Waals surface area contributed by atoms with Crippen LogP contribution in [0.1, 0.15) is 5.82 Å². The van der Waals surface area contributed by atoms with Crippen LogP contribution < -0.4 is 0 Å². The van der Waals surface area contributed by atoms with Crippen LogP contribution in [0, 0.1) is 0 Å². The van der Waals surface area contributed by atoms with Crippen LogP contribution in [0.5, 0.6) is 0 Å². The molecule has 11 heteroatoms. The first-order valence-corrected chi connectivity index (χ1v) is 7.27. The van der Waals surface area contributed by atoms with Gasteiger partial charge in [0.25, 0.3) is 0 Å². The fourth-order valence-electron chi connectivity index (χ4n) is 2.17. The molecule has 8 nitrogen and oxygen atoms in total. The number of nitrogens with zero attached hydrogens (tertiary/aromatic N) is 7. The van der Waals surface area contributed by atoms with E-state index < -0.39 is 12.7 Å². The largest absolute Gasteiger partial charge is 0.408 e. The van der Waals surface area contributed by atoms with Gasteiger partial charge in [-0.15, -0.1) is 10.2 Å². The first-order chi connectivity index (χ1) is 12.0. The summed E-state index contributed by atoms with van der Waals surface area (Å²) in [6, 6.07) is 3.26. The van der Waals surface area contributed by atoms with Crippen LogP contribution in [0.2, 0.25) is 0 Å². The van der Waals surface area contributed by atoms with E-state index in [4.69, 9.17) is 4.74 Å². The van der Waals surface area contributed by atoms with Crippen molar-refractivity contribution in [3.63, 3.8) is 0 Å². The van der Waals surface area contributed by atoms with Gasteiger partial charge in [-0.05, 0) is 12.1 Å². The summed E-state index contributed by atoms with van der Waals surface area (Å²) >= 11 is 0. The lowest BCUT2D eigenvalue weighted by Gasteiger charge is -2.09. The molecule has 0 aliphatic rings. The average molecular weight is 353 g/mol. The van der Waals surface area contributed by atoms with Crippen LogP contribution in [0.15, 0.2) is 31.0 Å². The van der Waals surface area contributed by atoms with Crippen molar-refractivity contribution in [1.82, 2.24) is 34.5 Å². The molecule has 0 fully saturated rings. The van der Waals surface area contributed by atoms with Crippen LogP contribution >= 0.6 is 0 Å². The summed E-state index contributed by atoms with van der Waals surface area (Å²) in [6.07, 6.45) is 0.289. The molecular weight excluding hydrogens is 339 g/mol. The standard InChI is InChI=1S/C14H14F3N7O/c1-25-5-4-11-21-13(24(22-11)7-14(15,16)17)10-2-3-12(18-6-10)23-8-19-20-9-23/h2-3,6,8-9H,4-5,7H2,1H3. The van der Waals surface area contributed by atoms with Crippen LogP contribution in [-0.4, -0.2) is 54.4 Å². The highest BCUT2D eigenvalue weighted by atomic mass is 19.4. The third kappa shape index (κ3) is 4.18. The average Bonchev–Trinajstić information content (AvgIpc) is 3.21. The maximum absolute atomic E-state index is 12.8. The summed E-state index contributed by atoms with van der Waals surface area (Å²) in [5.74, 6) is 0.922. The first kappa shape index (κ1) is 17.0. The molecule has 0 aliphatic carbocycles. The highest BCUT2D eigenvalue weighted by molar-refractivity contribution is 5.55. The molecule has 0 radical (unpaired) electrons. The zero-order valence-corrected chi connectivity index (χ0v) is 13.2. The summed E-state index contributed by atoms with van der Waals surface area (Å²) in [5, 5.41) is 11.3. The van der Waals surface area contributed by atoms with Gasteiger partial charge < -0.3 is 4.74 Å². The number of halogens is 3. The SMILES string of the molecule is COCCc1nc(-c2ccc(-n3cnnc3)nc2)n(CC(F)(F)F)n1. The molecule has 0 N–H and O–H groups in total. The Balaban J connectivity index is 1.92. The Labute approximate surface area is 140 Å². The molecule has 0 spiro atoms. The minimum atomic E-state index is -4.41. The molecule has 0 aromatic carbocycles. The maximum atomic E-state index is 12.8. The van der Waals surface area contributed by atoms with Crippen molar-refractivity contribution in [2.24, 2.45) is 0 Å². The summed E-state index contributed by atoms with van der Waals surface area (Å²) in [5.41, 5.74) is 0.428. The Bertz CT molecular complexity index is 812. The van der Waals surface area contributed by atoms with Crippen LogP contribution in [0.25, 0.3) is 17.2 Å². The molecule has 0 saturated carbocycles. The van der Waals surface area contributed by atoms with Crippen molar-refractivity contribution in [2.75, 3.05) is 13.7 Å². The van der Waals surface area contributed by atoms with Gasteiger partial charge in [0, 0.05) is 25.3 Å². The molecule has 0 unspecified atom stereocenters. The zero-order chi connectivity index (χ0) is 17.9. The predicted molar refractivity (Wildman–Crippen MR) is 79.8 cm³/mol. The number of pyridine rings is 1. The Kier molecular flexibility index (Phi) is 4.74. The van der Waals surface area contributed by atoms with Gasteiger partial charge in [-0.25, -0.2) is 14.6 Å². The van der Waals surface area contributed by atoms with Crippen molar-refractivity contribution < 1.29 is 17.9 Å². The second kappa shape index (κ2) is 6.97. The van der Waals surface area contributed by atoms with Crippen molar-refractivity contribution in [3.8, 4) is 17.2 Å². The lowest BCUT2D eigenvalue weighted by Crippen LogP contribution is -2.19. The van der Waals surface area contributed by atoms with Gasteiger partial charge in [-0.2, -0.15) is 18.3 Å². The van der Waals surface area contributed by atoms with E-state index in [-0.39, 0.29) is 11.6 Å². The van der Waals surface area contributed by atoms with Gasteiger partial charge in [-0.1, -0.05) is 0 Å². The highest BCUT2D eigenvalue weighted by Gasteiger charge is 2.30. The molecule has 25 heavy (non-hydrogen) atoms. The number of aromatic nitrogens is 7. The Morgan fingerprint density at radius 3 is 2.52 bits per heavy atom. The fraction of sp³-hybridized carbons (Fsp3) is 0.357. The minimum Gasteiger partial charge on any atom is -0.384 e. The van der Waals surface area contributed by atoms with Gasteiger partial charge in [-0.3, -0.25) is 4.57 Å². The molecule has 0 bridgehead atoms. The molecule has 3 aromatic heterocycles. The van der Waals surface area contributed by atoms with E-state index in [0.29, 0.717) is 24.4 Å². The molecule has 0 amide bonds. The van der Waals surface area contributed by atoms with E-state index in [2.05, 4.69) is 25.3 Å². The quantitative estimate of drug-likeness (QED) is 0.670. The molecular formula is C14H14F3N7O. The lowest BCUT2D eigenvalue weighted by atomic mass is 10.2. The van der Waals surface area contributed by atoms with E-state index in [9.17, 15) is 13.2 Å². The Morgan fingerprint density at radius 1 is 1.16 bits per heavy atom. The summed E-state index contributed by atoms with van der Waals surface area (Å²) in [6.45, 7) is -0.907. The summed E-state index contributed by atoms with van der Waals surface area (Å²) in [4.78, 5) is 8.40. The Morgan fingerprint density at radius 2 is 1.92 bits per heavy atom. The molecule has 0 aliphatic heterocycles. The lowest BCUT2D eigenvalue weighted by molar-refractivity contribution is -0.142. The predicted octanol–water partition coefficient (Wildman–Crippen LogP) is 1.67. The van der Waals surface area contributed by atoms with Crippen LogP contribution in [-0.2, 0) is 17.7 Å².